The van der Waals surface area contributed by atoms with Crippen LogP contribution in [-0.2, 0) is 27.7 Å². The number of benzene rings is 1. The highest BCUT2D eigenvalue weighted by Crippen LogP contribution is 2.25. The normalized spacial score (nSPS) is 22.6. The summed E-state index contributed by atoms with van der Waals surface area (Å²) in [6, 6.07) is 5.14. The van der Waals surface area contributed by atoms with Gasteiger partial charge in [0.25, 0.3) is 0 Å². The van der Waals surface area contributed by atoms with E-state index >= 15 is 0 Å². The third-order valence-corrected chi connectivity index (χ3v) is 5.42. The Labute approximate surface area is 126 Å². The number of aryl methyl sites for hydroxylation is 1. The molecule has 1 atom stereocenters. The summed E-state index contributed by atoms with van der Waals surface area (Å²) in [6.07, 6.45) is 2.69. The Morgan fingerprint density at radius 2 is 2.14 bits per heavy atom. The van der Waals surface area contributed by atoms with Crippen LogP contribution < -0.4 is 10.5 Å². The first-order valence-corrected chi connectivity index (χ1v) is 8.84. The highest BCUT2D eigenvalue weighted by atomic mass is 32.2. The Morgan fingerprint density at radius 1 is 1.38 bits per heavy atom. The van der Waals surface area contributed by atoms with Gasteiger partial charge < -0.3 is 10.5 Å². The van der Waals surface area contributed by atoms with Crippen LogP contribution >= 0.6 is 0 Å². The van der Waals surface area contributed by atoms with Crippen molar-refractivity contribution in [3.63, 3.8) is 0 Å². The Morgan fingerprint density at radius 3 is 2.71 bits per heavy atom. The molecular formula is C15H24N2O3S. The zero-order valence-electron chi connectivity index (χ0n) is 12.7. The van der Waals surface area contributed by atoms with Gasteiger partial charge in [0, 0.05) is 19.7 Å². The maximum atomic E-state index is 12.4. The van der Waals surface area contributed by atoms with Gasteiger partial charge in [-0.3, -0.25) is 0 Å². The van der Waals surface area contributed by atoms with Gasteiger partial charge in [0.2, 0.25) is 10.0 Å². The third-order valence-electron chi connectivity index (χ3n) is 4.03. The summed E-state index contributed by atoms with van der Waals surface area (Å²) in [7, 11) is -3.53. The van der Waals surface area contributed by atoms with Crippen LogP contribution in [0.3, 0.4) is 0 Å². The van der Waals surface area contributed by atoms with Gasteiger partial charge in [0.05, 0.1) is 10.5 Å². The zero-order valence-corrected chi connectivity index (χ0v) is 13.5. The topological polar surface area (TPSA) is 81.4 Å². The van der Waals surface area contributed by atoms with Gasteiger partial charge in [0.15, 0.2) is 0 Å². The van der Waals surface area contributed by atoms with E-state index in [-0.39, 0.29) is 4.90 Å². The summed E-state index contributed by atoms with van der Waals surface area (Å²) in [4.78, 5) is 0.266. The lowest BCUT2D eigenvalue weighted by Gasteiger charge is -2.23. The first kappa shape index (κ1) is 16.4. The second kappa shape index (κ2) is 6.44. The number of nitrogens with two attached hydrogens (primary N) is 1. The minimum atomic E-state index is -3.53. The summed E-state index contributed by atoms with van der Waals surface area (Å²) in [5.41, 5.74) is 7.27. The van der Waals surface area contributed by atoms with Crippen molar-refractivity contribution in [2.24, 2.45) is 5.73 Å². The fourth-order valence-corrected chi connectivity index (χ4v) is 3.82. The van der Waals surface area contributed by atoms with Crippen molar-refractivity contribution in [1.29, 1.82) is 0 Å². The molecule has 1 aliphatic rings. The van der Waals surface area contributed by atoms with Crippen LogP contribution in [0.15, 0.2) is 23.1 Å². The van der Waals surface area contributed by atoms with Gasteiger partial charge in [0.1, 0.15) is 0 Å². The maximum Gasteiger partial charge on any atom is 0.240 e. The molecule has 1 unspecified atom stereocenters. The molecule has 0 radical (unpaired) electrons. The van der Waals surface area contributed by atoms with E-state index in [1.54, 1.807) is 12.1 Å². The van der Waals surface area contributed by atoms with E-state index < -0.39 is 15.6 Å². The number of sulfonamides is 1. The predicted octanol–water partition coefficient (Wildman–Crippen LogP) is 1.56. The van der Waals surface area contributed by atoms with Gasteiger partial charge >= 0.3 is 0 Å². The van der Waals surface area contributed by atoms with E-state index in [1.807, 2.05) is 19.9 Å². The van der Waals surface area contributed by atoms with E-state index in [2.05, 4.69) is 4.72 Å². The second-order valence-corrected chi connectivity index (χ2v) is 7.48. The Balaban J connectivity index is 2.15. The smallest absolute Gasteiger partial charge is 0.240 e. The molecule has 0 amide bonds. The van der Waals surface area contributed by atoms with Gasteiger partial charge in [-0.05, 0) is 49.4 Å². The molecule has 0 spiro atoms. The molecule has 1 aromatic rings. The van der Waals surface area contributed by atoms with E-state index in [1.165, 1.54) is 0 Å². The Kier molecular flexibility index (Phi) is 5.03. The van der Waals surface area contributed by atoms with Crippen molar-refractivity contribution >= 4 is 10.0 Å². The van der Waals surface area contributed by atoms with Gasteiger partial charge in [-0.2, -0.15) is 0 Å². The third kappa shape index (κ3) is 3.83. The van der Waals surface area contributed by atoms with Gasteiger partial charge in [-0.1, -0.05) is 13.0 Å². The van der Waals surface area contributed by atoms with Gasteiger partial charge in [-0.25, -0.2) is 13.1 Å². The van der Waals surface area contributed by atoms with Crippen molar-refractivity contribution in [3.05, 3.63) is 29.3 Å². The number of hydrogen-bond acceptors (Lipinski definition) is 4. The number of nitrogens with one attached hydrogen (secondary N) is 1. The average molecular weight is 312 g/mol. The van der Waals surface area contributed by atoms with Crippen molar-refractivity contribution < 1.29 is 13.2 Å². The SMILES string of the molecule is CCc1ccc(S(=O)(=O)NCC2(C)CCCO2)cc1CN. The number of hydrogen-bond donors (Lipinski definition) is 2. The number of rotatable bonds is 6. The van der Waals surface area contributed by atoms with Crippen molar-refractivity contribution in [2.75, 3.05) is 13.2 Å². The van der Waals surface area contributed by atoms with Crippen LogP contribution in [-0.4, -0.2) is 27.2 Å². The Hall–Kier alpha value is -0.950. The summed E-state index contributed by atoms with van der Waals surface area (Å²) in [5.74, 6) is 0. The summed E-state index contributed by atoms with van der Waals surface area (Å²) in [5, 5.41) is 0. The molecule has 5 nitrogen and oxygen atoms in total. The molecule has 1 heterocycles. The highest BCUT2D eigenvalue weighted by molar-refractivity contribution is 7.89. The van der Waals surface area contributed by atoms with Crippen LogP contribution in [0.25, 0.3) is 0 Å². The molecule has 1 fully saturated rings. The van der Waals surface area contributed by atoms with Crippen LogP contribution in [0.2, 0.25) is 0 Å². The lowest BCUT2D eigenvalue weighted by atomic mass is 10.0. The minimum Gasteiger partial charge on any atom is -0.374 e. The fraction of sp³-hybridized carbons (Fsp3) is 0.600. The lowest BCUT2D eigenvalue weighted by molar-refractivity contribution is 0.0250. The first-order valence-electron chi connectivity index (χ1n) is 7.36. The lowest BCUT2D eigenvalue weighted by Crippen LogP contribution is -2.40. The van der Waals surface area contributed by atoms with Crippen LogP contribution in [0.1, 0.15) is 37.8 Å². The molecule has 0 aromatic heterocycles. The minimum absolute atomic E-state index is 0.266. The number of ether oxygens (including phenoxy) is 1. The van der Waals surface area contributed by atoms with E-state index in [0.717, 1.165) is 30.4 Å². The average Bonchev–Trinajstić information content (AvgIpc) is 2.92. The van der Waals surface area contributed by atoms with Gasteiger partial charge in [-0.15, -0.1) is 0 Å². The molecule has 0 bridgehead atoms. The van der Waals surface area contributed by atoms with Crippen molar-refractivity contribution in [2.45, 2.75) is 50.2 Å². The van der Waals surface area contributed by atoms with Crippen LogP contribution in [0.4, 0.5) is 0 Å². The van der Waals surface area contributed by atoms with E-state index in [4.69, 9.17) is 10.5 Å². The molecule has 1 aromatic carbocycles. The molecule has 1 saturated heterocycles. The quantitative estimate of drug-likeness (QED) is 0.835. The van der Waals surface area contributed by atoms with Crippen molar-refractivity contribution in [3.8, 4) is 0 Å². The highest BCUT2D eigenvalue weighted by Gasteiger charge is 2.31. The molecule has 1 aliphatic heterocycles. The van der Waals surface area contributed by atoms with E-state index in [9.17, 15) is 8.42 Å². The molecule has 2 rings (SSSR count). The molecular weight excluding hydrogens is 288 g/mol. The molecule has 118 valence electrons. The standard InChI is InChI=1S/C15H24N2O3S/c1-3-12-5-6-14(9-13(12)10-16)21(18,19)17-11-15(2)7-4-8-20-15/h5-6,9,17H,3-4,7-8,10-11,16H2,1-2H3. The molecule has 21 heavy (non-hydrogen) atoms. The van der Waals surface area contributed by atoms with E-state index in [0.29, 0.717) is 19.7 Å². The fourth-order valence-electron chi connectivity index (χ4n) is 2.61. The molecule has 0 aliphatic carbocycles. The van der Waals surface area contributed by atoms with Crippen LogP contribution in [0.5, 0.6) is 0 Å². The predicted molar refractivity (Wildman–Crippen MR) is 82.5 cm³/mol. The van der Waals surface area contributed by atoms with Crippen molar-refractivity contribution in [1.82, 2.24) is 4.72 Å². The molecule has 0 saturated carbocycles. The second-order valence-electron chi connectivity index (χ2n) is 5.71. The maximum absolute atomic E-state index is 12.4. The first-order chi connectivity index (χ1) is 9.90. The summed E-state index contributed by atoms with van der Waals surface area (Å²) in [6.45, 7) is 5.30. The van der Waals surface area contributed by atoms with Crippen LogP contribution in [0, 0.1) is 0 Å². The largest absolute Gasteiger partial charge is 0.374 e. The molecule has 3 N–H and O–H groups in total. The summed E-state index contributed by atoms with van der Waals surface area (Å²) >= 11 is 0. The Bertz CT molecular complexity index is 593. The molecule has 6 heteroatoms. The summed E-state index contributed by atoms with van der Waals surface area (Å²) < 4.78 is 33.0. The zero-order chi connectivity index (χ0) is 15.5. The monoisotopic (exact) mass is 312 g/mol.